The minimum atomic E-state index is 0.372. The maximum absolute atomic E-state index is 4.18. The van der Waals surface area contributed by atoms with Gasteiger partial charge in [0, 0.05) is 30.5 Å². The van der Waals surface area contributed by atoms with E-state index in [1.807, 2.05) is 18.5 Å². The van der Waals surface area contributed by atoms with Crippen molar-refractivity contribution in [3.8, 4) is 0 Å². The van der Waals surface area contributed by atoms with Crippen LogP contribution in [0.25, 0.3) is 0 Å². The normalized spacial score (nSPS) is 23.6. The van der Waals surface area contributed by atoms with E-state index in [2.05, 4.69) is 35.5 Å². The van der Waals surface area contributed by atoms with Crippen LogP contribution in [0.4, 0.5) is 0 Å². The summed E-state index contributed by atoms with van der Waals surface area (Å²) in [5.41, 5.74) is 1.26. The van der Waals surface area contributed by atoms with Crippen LogP contribution in [0, 0.1) is 0 Å². The van der Waals surface area contributed by atoms with E-state index in [0.717, 1.165) is 0 Å². The first-order valence-corrected chi connectivity index (χ1v) is 7.15. The molecule has 1 aliphatic heterocycles. The summed E-state index contributed by atoms with van der Waals surface area (Å²) in [6.07, 6.45) is 9.03. The first-order chi connectivity index (χ1) is 8.75. The summed E-state index contributed by atoms with van der Waals surface area (Å²) in [6, 6.07) is 5.74. The van der Waals surface area contributed by atoms with Crippen LogP contribution in [0.15, 0.2) is 24.5 Å². The van der Waals surface area contributed by atoms with Gasteiger partial charge in [-0.1, -0.05) is 12.5 Å². The van der Waals surface area contributed by atoms with Gasteiger partial charge in [-0.25, -0.2) is 0 Å². The van der Waals surface area contributed by atoms with Crippen LogP contribution in [-0.4, -0.2) is 23.6 Å². The lowest BCUT2D eigenvalue weighted by molar-refractivity contribution is 0.334. The molecule has 3 nitrogen and oxygen atoms in total. The summed E-state index contributed by atoms with van der Waals surface area (Å²) in [5, 5.41) is 7.27. The number of hydrogen-bond acceptors (Lipinski definition) is 3. The van der Waals surface area contributed by atoms with Gasteiger partial charge in [0.05, 0.1) is 0 Å². The van der Waals surface area contributed by atoms with Gasteiger partial charge in [-0.3, -0.25) is 4.98 Å². The SMILES string of the molecule is CC(CC1CCCCN1)N[C@@H](C)c1cccnc1. The molecule has 0 radical (unpaired) electrons. The molecule has 100 valence electrons. The Morgan fingerprint density at radius 3 is 3.00 bits per heavy atom. The predicted octanol–water partition coefficient (Wildman–Crippen LogP) is 2.65. The zero-order valence-corrected chi connectivity index (χ0v) is 11.5. The van der Waals surface area contributed by atoms with E-state index >= 15 is 0 Å². The molecule has 2 unspecified atom stereocenters. The number of hydrogen-bond donors (Lipinski definition) is 2. The molecule has 1 fully saturated rings. The Morgan fingerprint density at radius 2 is 2.33 bits per heavy atom. The Balaban J connectivity index is 1.78. The van der Waals surface area contributed by atoms with Crippen LogP contribution in [-0.2, 0) is 0 Å². The molecule has 2 heterocycles. The summed E-state index contributed by atoms with van der Waals surface area (Å²) in [7, 11) is 0. The summed E-state index contributed by atoms with van der Waals surface area (Å²) >= 11 is 0. The molecule has 0 bridgehead atoms. The van der Waals surface area contributed by atoms with Crippen molar-refractivity contribution >= 4 is 0 Å². The monoisotopic (exact) mass is 247 g/mol. The van der Waals surface area contributed by atoms with Gasteiger partial charge in [0.15, 0.2) is 0 Å². The quantitative estimate of drug-likeness (QED) is 0.840. The van der Waals surface area contributed by atoms with Crippen LogP contribution in [0.3, 0.4) is 0 Å². The van der Waals surface area contributed by atoms with E-state index in [9.17, 15) is 0 Å². The molecule has 0 spiro atoms. The smallest absolute Gasteiger partial charge is 0.0315 e. The van der Waals surface area contributed by atoms with E-state index < -0.39 is 0 Å². The van der Waals surface area contributed by atoms with E-state index in [1.54, 1.807) is 0 Å². The lowest BCUT2D eigenvalue weighted by atomic mass is 9.98. The minimum absolute atomic E-state index is 0.372. The Morgan fingerprint density at radius 1 is 1.44 bits per heavy atom. The van der Waals surface area contributed by atoms with Crippen molar-refractivity contribution in [2.45, 2.75) is 57.7 Å². The van der Waals surface area contributed by atoms with Crippen LogP contribution < -0.4 is 10.6 Å². The Labute approximate surface area is 110 Å². The number of aromatic nitrogens is 1. The summed E-state index contributed by atoms with van der Waals surface area (Å²) in [5.74, 6) is 0. The first kappa shape index (κ1) is 13.5. The maximum atomic E-state index is 4.18. The maximum Gasteiger partial charge on any atom is 0.0315 e. The molecule has 2 N–H and O–H groups in total. The van der Waals surface area contributed by atoms with Crippen molar-refractivity contribution in [2.75, 3.05) is 6.54 Å². The van der Waals surface area contributed by atoms with Gasteiger partial charge in [0.2, 0.25) is 0 Å². The summed E-state index contributed by atoms with van der Waals surface area (Å²) in [6.45, 7) is 5.68. The Hall–Kier alpha value is -0.930. The Kier molecular flexibility index (Phi) is 5.14. The zero-order chi connectivity index (χ0) is 12.8. The third-order valence-corrected chi connectivity index (χ3v) is 3.77. The van der Waals surface area contributed by atoms with Gasteiger partial charge < -0.3 is 10.6 Å². The highest BCUT2D eigenvalue weighted by atomic mass is 15.0. The van der Waals surface area contributed by atoms with Crippen molar-refractivity contribution in [1.82, 2.24) is 15.6 Å². The number of nitrogens with one attached hydrogen (secondary N) is 2. The Bertz CT molecular complexity index is 333. The molecule has 3 heteroatoms. The van der Waals surface area contributed by atoms with E-state index in [-0.39, 0.29) is 0 Å². The van der Waals surface area contributed by atoms with E-state index in [0.29, 0.717) is 18.1 Å². The predicted molar refractivity (Wildman–Crippen MR) is 75.5 cm³/mol. The number of nitrogens with zero attached hydrogens (tertiary/aromatic N) is 1. The van der Waals surface area contributed by atoms with Crippen LogP contribution in [0.5, 0.6) is 0 Å². The molecule has 0 aromatic carbocycles. The number of piperidine rings is 1. The van der Waals surface area contributed by atoms with Crippen LogP contribution >= 0.6 is 0 Å². The number of rotatable bonds is 5. The molecule has 1 aliphatic rings. The minimum Gasteiger partial charge on any atom is -0.314 e. The highest BCUT2D eigenvalue weighted by Gasteiger charge is 2.17. The molecule has 1 aromatic heterocycles. The number of pyridine rings is 1. The molecule has 1 saturated heterocycles. The molecule has 3 atom stereocenters. The topological polar surface area (TPSA) is 37.0 Å². The fourth-order valence-electron chi connectivity index (χ4n) is 2.78. The van der Waals surface area contributed by atoms with Gasteiger partial charge >= 0.3 is 0 Å². The standard InChI is InChI=1S/C15H25N3/c1-12(10-15-7-3-4-9-17-15)18-13(2)14-6-5-8-16-11-14/h5-6,8,11-13,15,17-18H,3-4,7,9-10H2,1-2H3/t12?,13-,15?/m0/s1. The van der Waals surface area contributed by atoms with Crippen molar-refractivity contribution in [3.05, 3.63) is 30.1 Å². The lowest BCUT2D eigenvalue weighted by Crippen LogP contribution is -2.40. The molecule has 0 amide bonds. The average Bonchev–Trinajstić information content (AvgIpc) is 2.40. The zero-order valence-electron chi connectivity index (χ0n) is 11.5. The van der Waals surface area contributed by atoms with Crippen molar-refractivity contribution in [1.29, 1.82) is 0 Å². The molecular weight excluding hydrogens is 222 g/mol. The van der Waals surface area contributed by atoms with Gasteiger partial charge in [0.25, 0.3) is 0 Å². The highest BCUT2D eigenvalue weighted by Crippen LogP contribution is 2.15. The fraction of sp³-hybridized carbons (Fsp3) is 0.667. The van der Waals surface area contributed by atoms with E-state index in [1.165, 1.54) is 37.8 Å². The van der Waals surface area contributed by atoms with Gasteiger partial charge in [-0.05, 0) is 51.3 Å². The van der Waals surface area contributed by atoms with Gasteiger partial charge in [0.1, 0.15) is 0 Å². The third-order valence-electron chi connectivity index (χ3n) is 3.77. The van der Waals surface area contributed by atoms with Crippen molar-refractivity contribution in [3.63, 3.8) is 0 Å². The molecule has 2 rings (SSSR count). The molecular formula is C15H25N3. The second-order valence-electron chi connectivity index (χ2n) is 5.46. The van der Waals surface area contributed by atoms with Crippen molar-refractivity contribution in [2.24, 2.45) is 0 Å². The first-order valence-electron chi connectivity index (χ1n) is 7.15. The second-order valence-corrected chi connectivity index (χ2v) is 5.46. The van der Waals surface area contributed by atoms with E-state index in [4.69, 9.17) is 0 Å². The van der Waals surface area contributed by atoms with Crippen LogP contribution in [0.1, 0.15) is 51.1 Å². The third kappa shape index (κ3) is 4.07. The summed E-state index contributed by atoms with van der Waals surface area (Å²) in [4.78, 5) is 4.18. The van der Waals surface area contributed by atoms with Gasteiger partial charge in [-0.2, -0.15) is 0 Å². The summed E-state index contributed by atoms with van der Waals surface area (Å²) < 4.78 is 0. The highest BCUT2D eigenvalue weighted by molar-refractivity contribution is 5.12. The lowest BCUT2D eigenvalue weighted by Gasteiger charge is -2.28. The molecule has 18 heavy (non-hydrogen) atoms. The van der Waals surface area contributed by atoms with Crippen LogP contribution in [0.2, 0.25) is 0 Å². The largest absolute Gasteiger partial charge is 0.314 e. The molecule has 1 aromatic rings. The van der Waals surface area contributed by atoms with Gasteiger partial charge in [-0.15, -0.1) is 0 Å². The molecule has 0 aliphatic carbocycles. The average molecular weight is 247 g/mol. The van der Waals surface area contributed by atoms with Crippen molar-refractivity contribution < 1.29 is 0 Å². The second kappa shape index (κ2) is 6.86. The fourth-order valence-corrected chi connectivity index (χ4v) is 2.78. The molecule has 0 saturated carbocycles.